The van der Waals surface area contributed by atoms with Gasteiger partial charge < -0.3 is 14.9 Å². The number of hydrogen-bond acceptors (Lipinski definition) is 6. The van der Waals surface area contributed by atoms with E-state index in [9.17, 15) is 24.6 Å². The third kappa shape index (κ3) is 2.97. The minimum absolute atomic E-state index is 0.0167. The molecule has 0 aromatic heterocycles. The fourth-order valence-corrected chi connectivity index (χ4v) is 8.77. The molecule has 0 saturated heterocycles. The second-order valence-electron chi connectivity index (χ2n) is 10.5. The first-order valence-electron chi connectivity index (χ1n) is 11.2. The van der Waals surface area contributed by atoms with E-state index in [1.807, 2.05) is 22.6 Å². The summed E-state index contributed by atoms with van der Waals surface area (Å²) >= 11 is 1.85. The third-order valence-electron chi connectivity index (χ3n) is 9.06. The van der Waals surface area contributed by atoms with Gasteiger partial charge in [0.25, 0.3) is 0 Å². The number of alkyl halides is 3. The average Bonchev–Trinajstić information content (AvgIpc) is 2.93. The van der Waals surface area contributed by atoms with Crippen molar-refractivity contribution in [3.63, 3.8) is 0 Å². The maximum atomic E-state index is 17.3. The second kappa shape index (κ2) is 7.65. The summed E-state index contributed by atoms with van der Waals surface area (Å²) in [6, 6.07) is 0. The molecule has 182 valence electrons. The van der Waals surface area contributed by atoms with Crippen molar-refractivity contribution in [2.75, 3.05) is 6.61 Å². The molecule has 3 saturated carbocycles. The second-order valence-corrected chi connectivity index (χ2v) is 12.0. The Morgan fingerprint density at radius 2 is 1.97 bits per heavy atom. The number of carbonyl (C=O) groups is 3. The summed E-state index contributed by atoms with van der Waals surface area (Å²) in [4.78, 5) is 36.3. The number of ketones is 2. The molecule has 0 unspecified atom stereocenters. The van der Waals surface area contributed by atoms with Crippen LogP contribution in [0.15, 0.2) is 23.8 Å². The minimum atomic E-state index is -2.31. The average molecular weight is 578 g/mol. The Balaban J connectivity index is 1.84. The summed E-state index contributed by atoms with van der Waals surface area (Å²) in [6.07, 6.45) is 0.444. The predicted octanol–water partition coefficient (Wildman–Crippen LogP) is 2.83. The van der Waals surface area contributed by atoms with Gasteiger partial charge in [-0.3, -0.25) is 14.4 Å². The smallest absolute Gasteiger partial charge is 0.303 e. The lowest BCUT2D eigenvalue weighted by Gasteiger charge is -2.64. The molecule has 0 spiro atoms. The zero-order chi connectivity index (χ0) is 24.7. The van der Waals surface area contributed by atoms with Crippen LogP contribution in [0.2, 0.25) is 0 Å². The van der Waals surface area contributed by atoms with E-state index in [0.29, 0.717) is 0 Å². The number of esters is 1. The van der Waals surface area contributed by atoms with Gasteiger partial charge in [-0.1, -0.05) is 42.5 Å². The molecule has 4 rings (SSSR count). The summed E-state index contributed by atoms with van der Waals surface area (Å²) in [6.45, 7) is 5.34. The Kier molecular flexibility index (Phi) is 5.77. The molecule has 4 aliphatic carbocycles. The van der Waals surface area contributed by atoms with Crippen LogP contribution < -0.4 is 0 Å². The fourth-order valence-electron chi connectivity index (χ4n) is 7.35. The number of rotatable bonds is 3. The molecule has 0 radical (unpaired) electrons. The molecule has 0 bridgehead atoms. The van der Waals surface area contributed by atoms with Crippen molar-refractivity contribution in [3.05, 3.63) is 23.8 Å². The zero-order valence-corrected chi connectivity index (χ0v) is 21.1. The van der Waals surface area contributed by atoms with Crippen LogP contribution in [-0.4, -0.2) is 61.8 Å². The molecule has 33 heavy (non-hydrogen) atoms. The molecule has 9 heteroatoms. The van der Waals surface area contributed by atoms with E-state index >= 15 is 8.78 Å². The topological polar surface area (TPSA) is 101 Å². The molecule has 0 amide bonds. The number of halogens is 3. The van der Waals surface area contributed by atoms with Crippen molar-refractivity contribution in [3.8, 4) is 0 Å². The molecular weight excluding hydrogens is 549 g/mol. The Morgan fingerprint density at radius 3 is 2.58 bits per heavy atom. The number of Topliss-reactive ketones (excluding diaryl/α,β-unsaturated/α-hetero) is 1. The van der Waals surface area contributed by atoms with Gasteiger partial charge in [-0.25, -0.2) is 8.78 Å². The molecule has 10 atom stereocenters. The van der Waals surface area contributed by atoms with E-state index in [1.54, 1.807) is 13.8 Å². The molecular formula is C24H29F2IO6. The first kappa shape index (κ1) is 24.9. The number of aliphatic hydroxyl groups is 2. The van der Waals surface area contributed by atoms with E-state index in [2.05, 4.69) is 0 Å². The lowest BCUT2D eigenvalue weighted by atomic mass is 9.44. The van der Waals surface area contributed by atoms with Crippen LogP contribution in [0.3, 0.4) is 0 Å². The van der Waals surface area contributed by atoms with Crippen LogP contribution in [0.5, 0.6) is 0 Å². The van der Waals surface area contributed by atoms with Gasteiger partial charge in [0, 0.05) is 23.7 Å². The number of allylic oxidation sites excluding steroid dienone is 4. The summed E-state index contributed by atoms with van der Waals surface area (Å²) in [5, 5.41) is 23.0. The van der Waals surface area contributed by atoms with E-state index in [1.165, 1.54) is 19.1 Å². The quantitative estimate of drug-likeness (QED) is 0.304. The van der Waals surface area contributed by atoms with Gasteiger partial charge in [0.15, 0.2) is 18.1 Å². The van der Waals surface area contributed by atoms with Gasteiger partial charge >= 0.3 is 5.97 Å². The van der Waals surface area contributed by atoms with Crippen molar-refractivity contribution in [1.29, 1.82) is 0 Å². The molecule has 4 aliphatic rings. The standard InChI is InChI=1S/C24H29F2IO6/c1-11-7-14-18-20(27)19(25)15-8-13(29)5-6-21(15,3)23(18,26)16(30)9-22(14,4)24(11,32)17(31)10-33-12(2)28/h5-6,8,11,14,16,18-20,30,32H,7,9-10H2,1-4H3/t11-,14+,16+,18-,19+,20+,21+,22+,23-,24+/m1/s1. The number of aliphatic hydroxyl groups excluding tert-OH is 1. The Morgan fingerprint density at radius 1 is 1.33 bits per heavy atom. The predicted molar refractivity (Wildman–Crippen MR) is 123 cm³/mol. The van der Waals surface area contributed by atoms with Crippen molar-refractivity contribution >= 4 is 40.1 Å². The lowest BCUT2D eigenvalue weighted by molar-refractivity contribution is -0.221. The molecule has 6 nitrogen and oxygen atoms in total. The van der Waals surface area contributed by atoms with Crippen molar-refractivity contribution in [2.45, 2.75) is 68.0 Å². The monoisotopic (exact) mass is 578 g/mol. The summed E-state index contributed by atoms with van der Waals surface area (Å²) in [5.74, 6) is -4.08. The van der Waals surface area contributed by atoms with Gasteiger partial charge in [0.2, 0.25) is 5.78 Å². The third-order valence-corrected chi connectivity index (χ3v) is 10.5. The minimum Gasteiger partial charge on any atom is -0.458 e. The molecule has 0 aliphatic heterocycles. The fraction of sp³-hybridized carbons (Fsp3) is 0.708. The van der Waals surface area contributed by atoms with E-state index in [0.717, 1.165) is 13.0 Å². The maximum absolute atomic E-state index is 17.3. The van der Waals surface area contributed by atoms with Crippen molar-refractivity contribution in [2.24, 2.45) is 28.6 Å². The highest BCUT2D eigenvalue weighted by molar-refractivity contribution is 14.1. The van der Waals surface area contributed by atoms with Crippen LogP contribution in [0.4, 0.5) is 8.78 Å². The summed E-state index contributed by atoms with van der Waals surface area (Å²) in [5.41, 5.74) is -7.08. The summed E-state index contributed by atoms with van der Waals surface area (Å²) in [7, 11) is 0. The van der Waals surface area contributed by atoms with Crippen LogP contribution in [0.1, 0.15) is 40.5 Å². The molecule has 0 aromatic carbocycles. The number of fused-ring (bicyclic) bond motifs is 5. The highest BCUT2D eigenvalue weighted by Gasteiger charge is 2.78. The van der Waals surface area contributed by atoms with Crippen LogP contribution in [0.25, 0.3) is 0 Å². The Labute approximate surface area is 205 Å². The van der Waals surface area contributed by atoms with Gasteiger partial charge in [-0.05, 0) is 49.3 Å². The lowest BCUT2D eigenvalue weighted by Crippen LogP contribution is -2.73. The molecule has 0 heterocycles. The Bertz CT molecular complexity index is 982. The van der Waals surface area contributed by atoms with E-state index < -0.39 is 80.2 Å². The van der Waals surface area contributed by atoms with Crippen LogP contribution in [0, 0.1) is 28.6 Å². The first-order valence-corrected chi connectivity index (χ1v) is 12.4. The number of hydrogen-bond donors (Lipinski definition) is 2. The van der Waals surface area contributed by atoms with E-state index in [-0.39, 0.29) is 18.4 Å². The number of ether oxygens (including phenoxy) is 1. The van der Waals surface area contributed by atoms with Crippen molar-refractivity contribution < 1.29 is 38.1 Å². The van der Waals surface area contributed by atoms with Gasteiger partial charge in [-0.15, -0.1) is 0 Å². The van der Waals surface area contributed by atoms with Crippen molar-refractivity contribution in [1.82, 2.24) is 0 Å². The summed E-state index contributed by atoms with van der Waals surface area (Å²) < 4.78 is 36.9. The maximum Gasteiger partial charge on any atom is 0.303 e. The van der Waals surface area contributed by atoms with Crippen LogP contribution >= 0.6 is 22.6 Å². The molecule has 2 N–H and O–H groups in total. The SMILES string of the molecule is CC(=O)OCC(=O)[C@@]1(O)[C@H](C)C[C@H]2[C@@H]3[C@H](I)[C@@H](F)C4=CC(=O)C=C[C@]4(C)[C@@]3(F)[C@@H](O)C[C@@]21C. The van der Waals surface area contributed by atoms with Gasteiger partial charge in [-0.2, -0.15) is 0 Å². The van der Waals surface area contributed by atoms with Gasteiger partial charge in [0.1, 0.15) is 11.8 Å². The largest absolute Gasteiger partial charge is 0.458 e. The normalized spacial score (nSPS) is 50.7. The number of carbonyl (C=O) groups excluding carboxylic acids is 3. The highest BCUT2D eigenvalue weighted by atomic mass is 127. The highest BCUT2D eigenvalue weighted by Crippen LogP contribution is 2.71. The Hall–Kier alpha value is -1.20. The van der Waals surface area contributed by atoms with Gasteiger partial charge in [0.05, 0.1) is 10.0 Å². The van der Waals surface area contributed by atoms with Crippen LogP contribution in [-0.2, 0) is 19.1 Å². The molecule has 0 aromatic rings. The van der Waals surface area contributed by atoms with E-state index in [4.69, 9.17) is 4.74 Å². The first-order chi connectivity index (χ1) is 15.2. The zero-order valence-electron chi connectivity index (χ0n) is 19.0. The molecule has 3 fully saturated rings.